The van der Waals surface area contributed by atoms with E-state index in [0.717, 1.165) is 0 Å². The summed E-state index contributed by atoms with van der Waals surface area (Å²) in [5, 5.41) is 5.18. The third kappa shape index (κ3) is 1.98. The predicted molar refractivity (Wildman–Crippen MR) is 92.8 cm³/mol. The van der Waals surface area contributed by atoms with Crippen molar-refractivity contribution < 1.29 is 4.57 Å². The van der Waals surface area contributed by atoms with Crippen LogP contribution in [0.25, 0.3) is 32.8 Å². The van der Waals surface area contributed by atoms with E-state index in [1.54, 1.807) is 0 Å². The molecule has 0 N–H and O–H groups in total. The van der Waals surface area contributed by atoms with Crippen molar-refractivity contribution in [2.24, 2.45) is 7.05 Å². The normalized spacial score (nSPS) is 11.2. The average Bonchev–Trinajstić information content (AvgIpc) is 2.55. The molecule has 4 rings (SSSR count). The standard InChI is InChI=1S/C21H18N/c1-15-19-10-6-5-7-16(19)11-12-20(15)21-13-17-8-3-4-9-18(17)14-22(21)2/h3-14H,1-2H3/q+1. The molecule has 1 aromatic heterocycles. The molecule has 22 heavy (non-hydrogen) atoms. The van der Waals surface area contributed by atoms with Crippen molar-refractivity contribution in [1.82, 2.24) is 0 Å². The summed E-state index contributed by atoms with van der Waals surface area (Å²) < 4.78 is 2.22. The Morgan fingerprint density at radius 1 is 0.727 bits per heavy atom. The number of hydrogen-bond donors (Lipinski definition) is 0. The number of nitrogens with zero attached hydrogens (tertiary/aromatic N) is 1. The molecule has 4 aromatic rings. The third-order valence-electron chi connectivity index (χ3n) is 4.48. The molecule has 0 radical (unpaired) electrons. The first-order valence-electron chi connectivity index (χ1n) is 7.61. The molecule has 106 valence electrons. The lowest BCUT2D eigenvalue weighted by Gasteiger charge is -2.09. The van der Waals surface area contributed by atoms with Gasteiger partial charge in [-0.15, -0.1) is 0 Å². The van der Waals surface area contributed by atoms with Gasteiger partial charge in [-0.3, -0.25) is 0 Å². The third-order valence-corrected chi connectivity index (χ3v) is 4.48. The lowest BCUT2D eigenvalue weighted by atomic mass is 9.97. The van der Waals surface area contributed by atoms with E-state index < -0.39 is 0 Å². The smallest absolute Gasteiger partial charge is 0.200 e. The minimum absolute atomic E-state index is 1.25. The van der Waals surface area contributed by atoms with Crippen molar-refractivity contribution in [3.05, 3.63) is 78.5 Å². The summed E-state index contributed by atoms with van der Waals surface area (Å²) in [7, 11) is 2.12. The summed E-state index contributed by atoms with van der Waals surface area (Å²) in [6.07, 6.45) is 2.21. The summed E-state index contributed by atoms with van der Waals surface area (Å²) >= 11 is 0. The molecule has 0 saturated heterocycles. The zero-order chi connectivity index (χ0) is 15.1. The van der Waals surface area contributed by atoms with E-state index in [1.807, 2.05) is 0 Å². The van der Waals surface area contributed by atoms with Gasteiger partial charge in [-0.05, 0) is 40.8 Å². The second-order valence-corrected chi connectivity index (χ2v) is 5.86. The van der Waals surface area contributed by atoms with Gasteiger partial charge in [0.25, 0.3) is 0 Å². The Bertz CT molecular complexity index is 993. The average molecular weight is 284 g/mol. The molecule has 0 aliphatic heterocycles. The van der Waals surface area contributed by atoms with E-state index in [4.69, 9.17) is 0 Å². The van der Waals surface area contributed by atoms with Gasteiger partial charge < -0.3 is 0 Å². The number of benzene rings is 3. The number of pyridine rings is 1. The molecule has 0 aliphatic rings. The lowest BCUT2D eigenvalue weighted by molar-refractivity contribution is -0.659. The maximum absolute atomic E-state index is 2.28. The van der Waals surface area contributed by atoms with Crippen LogP contribution in [0.1, 0.15) is 5.56 Å². The number of hydrogen-bond acceptors (Lipinski definition) is 0. The molecule has 0 saturated carbocycles. The number of rotatable bonds is 1. The highest BCUT2D eigenvalue weighted by atomic mass is 14.9. The monoisotopic (exact) mass is 284 g/mol. The van der Waals surface area contributed by atoms with Gasteiger partial charge >= 0.3 is 0 Å². The van der Waals surface area contributed by atoms with Crippen molar-refractivity contribution in [3.63, 3.8) is 0 Å². The van der Waals surface area contributed by atoms with Crippen LogP contribution in [0, 0.1) is 6.92 Å². The fourth-order valence-corrected chi connectivity index (χ4v) is 3.26. The van der Waals surface area contributed by atoms with Crippen LogP contribution in [0.2, 0.25) is 0 Å². The van der Waals surface area contributed by atoms with Crippen LogP contribution in [-0.2, 0) is 7.05 Å². The maximum atomic E-state index is 2.28. The van der Waals surface area contributed by atoms with E-state index in [0.29, 0.717) is 0 Å². The van der Waals surface area contributed by atoms with E-state index in [2.05, 4.69) is 91.5 Å². The quantitative estimate of drug-likeness (QED) is 0.442. The van der Waals surface area contributed by atoms with E-state index >= 15 is 0 Å². The van der Waals surface area contributed by atoms with Gasteiger partial charge in [0.05, 0.1) is 0 Å². The molecule has 0 unspecified atom stereocenters. The van der Waals surface area contributed by atoms with Crippen LogP contribution in [0.15, 0.2) is 72.9 Å². The number of aromatic nitrogens is 1. The van der Waals surface area contributed by atoms with Crippen LogP contribution in [0.4, 0.5) is 0 Å². The first-order valence-corrected chi connectivity index (χ1v) is 7.61. The van der Waals surface area contributed by atoms with Gasteiger partial charge in [0.15, 0.2) is 6.20 Å². The fraction of sp³-hybridized carbons (Fsp3) is 0.0952. The highest BCUT2D eigenvalue weighted by Gasteiger charge is 2.15. The fourth-order valence-electron chi connectivity index (χ4n) is 3.26. The van der Waals surface area contributed by atoms with Crippen molar-refractivity contribution in [1.29, 1.82) is 0 Å². The molecule has 1 nitrogen and oxygen atoms in total. The van der Waals surface area contributed by atoms with Gasteiger partial charge in [0.1, 0.15) is 7.05 Å². The summed E-state index contributed by atoms with van der Waals surface area (Å²) in [6, 6.07) is 23.8. The van der Waals surface area contributed by atoms with E-state index in [-0.39, 0.29) is 0 Å². The Labute approximate surface area is 130 Å². The van der Waals surface area contributed by atoms with Crippen LogP contribution in [0.3, 0.4) is 0 Å². The minimum atomic E-state index is 1.25. The highest BCUT2D eigenvalue weighted by Crippen LogP contribution is 2.29. The topological polar surface area (TPSA) is 3.88 Å². The van der Waals surface area contributed by atoms with Crippen molar-refractivity contribution in [2.45, 2.75) is 6.92 Å². The molecular weight excluding hydrogens is 266 g/mol. The Morgan fingerprint density at radius 2 is 1.41 bits per heavy atom. The minimum Gasteiger partial charge on any atom is -0.200 e. The molecule has 0 aliphatic carbocycles. The van der Waals surface area contributed by atoms with E-state index in [9.17, 15) is 0 Å². The zero-order valence-corrected chi connectivity index (χ0v) is 12.9. The Kier molecular flexibility index (Phi) is 2.93. The van der Waals surface area contributed by atoms with Crippen molar-refractivity contribution in [2.75, 3.05) is 0 Å². The Balaban J connectivity index is 2.02. The van der Waals surface area contributed by atoms with Gasteiger partial charge in [0, 0.05) is 17.0 Å². The van der Waals surface area contributed by atoms with Crippen LogP contribution >= 0.6 is 0 Å². The number of fused-ring (bicyclic) bond motifs is 2. The molecule has 0 bridgehead atoms. The van der Waals surface area contributed by atoms with Crippen LogP contribution in [0.5, 0.6) is 0 Å². The predicted octanol–water partition coefficient (Wildman–Crippen LogP) is 4.79. The Hall–Kier alpha value is -2.67. The van der Waals surface area contributed by atoms with E-state index in [1.165, 1.54) is 38.4 Å². The van der Waals surface area contributed by atoms with Gasteiger partial charge in [0.2, 0.25) is 5.69 Å². The molecule has 0 fully saturated rings. The zero-order valence-electron chi connectivity index (χ0n) is 12.9. The second-order valence-electron chi connectivity index (χ2n) is 5.86. The molecule has 0 spiro atoms. The molecule has 0 amide bonds. The molecule has 1 heterocycles. The molecule has 1 heteroatoms. The largest absolute Gasteiger partial charge is 0.213 e. The Morgan fingerprint density at radius 3 is 2.23 bits per heavy atom. The van der Waals surface area contributed by atoms with Crippen LogP contribution < -0.4 is 4.57 Å². The summed E-state index contributed by atoms with van der Waals surface area (Å²) in [5.41, 5.74) is 3.89. The van der Waals surface area contributed by atoms with Gasteiger partial charge in [-0.25, -0.2) is 4.57 Å². The van der Waals surface area contributed by atoms with Crippen LogP contribution in [-0.4, -0.2) is 0 Å². The highest BCUT2D eigenvalue weighted by molar-refractivity contribution is 5.92. The lowest BCUT2D eigenvalue weighted by Crippen LogP contribution is -2.30. The summed E-state index contributed by atoms with van der Waals surface area (Å²) in [5.74, 6) is 0. The maximum Gasteiger partial charge on any atom is 0.213 e. The first-order chi connectivity index (χ1) is 10.7. The summed E-state index contributed by atoms with van der Waals surface area (Å²) in [4.78, 5) is 0. The molecule has 3 aromatic carbocycles. The first kappa shape index (κ1) is 13.0. The number of aryl methyl sites for hydroxylation is 2. The molecule has 0 atom stereocenters. The molecular formula is C21H18N+. The van der Waals surface area contributed by atoms with Gasteiger partial charge in [-0.1, -0.05) is 48.5 Å². The second kappa shape index (κ2) is 4.96. The van der Waals surface area contributed by atoms with Crippen molar-refractivity contribution >= 4 is 21.5 Å². The van der Waals surface area contributed by atoms with Crippen molar-refractivity contribution in [3.8, 4) is 11.3 Å². The van der Waals surface area contributed by atoms with Gasteiger partial charge in [-0.2, -0.15) is 0 Å². The summed E-state index contributed by atoms with van der Waals surface area (Å²) in [6.45, 7) is 2.22. The SMILES string of the molecule is Cc1c(-c2cc3ccccc3c[n+]2C)ccc2ccccc12.